The maximum atomic E-state index is 11.9. The second-order valence-corrected chi connectivity index (χ2v) is 4.38. The van der Waals surface area contributed by atoms with E-state index >= 15 is 0 Å². The molecule has 0 aliphatic carbocycles. The summed E-state index contributed by atoms with van der Waals surface area (Å²) in [4.78, 5) is 15.8. The van der Waals surface area contributed by atoms with Crippen molar-refractivity contribution in [1.29, 1.82) is 0 Å². The van der Waals surface area contributed by atoms with E-state index in [0.29, 0.717) is 17.9 Å². The molecule has 0 radical (unpaired) electrons. The van der Waals surface area contributed by atoms with Crippen molar-refractivity contribution >= 4 is 11.7 Å². The molecule has 2 aromatic rings. The molecule has 19 heavy (non-hydrogen) atoms. The molecular formula is C14H17N3O2. The van der Waals surface area contributed by atoms with Gasteiger partial charge in [-0.05, 0) is 25.5 Å². The van der Waals surface area contributed by atoms with E-state index in [1.807, 2.05) is 23.8 Å². The minimum absolute atomic E-state index is 0.365. The number of rotatable bonds is 5. The van der Waals surface area contributed by atoms with Crippen LogP contribution in [0.4, 0.5) is 5.69 Å². The monoisotopic (exact) mass is 259 g/mol. The van der Waals surface area contributed by atoms with Crippen molar-refractivity contribution in [2.75, 3.05) is 12.3 Å². The van der Waals surface area contributed by atoms with Gasteiger partial charge in [-0.25, -0.2) is 9.78 Å². The number of nitrogens with zero attached hydrogens (tertiary/aromatic N) is 2. The number of carbonyl (C=O) groups is 1. The number of esters is 1. The summed E-state index contributed by atoms with van der Waals surface area (Å²) in [5.74, 6) is -0.369. The molecule has 1 aromatic carbocycles. The first kappa shape index (κ1) is 13.1. The molecule has 0 unspecified atom stereocenters. The van der Waals surface area contributed by atoms with E-state index in [1.165, 1.54) is 0 Å². The van der Waals surface area contributed by atoms with Gasteiger partial charge in [-0.15, -0.1) is 0 Å². The first-order valence-electron chi connectivity index (χ1n) is 6.16. The number of nitrogen functional groups attached to an aromatic ring is 1. The van der Waals surface area contributed by atoms with Gasteiger partial charge in [-0.3, -0.25) is 0 Å². The van der Waals surface area contributed by atoms with Crippen LogP contribution in [0.1, 0.15) is 22.3 Å². The predicted octanol–water partition coefficient (Wildman–Crippen LogP) is 2.02. The van der Waals surface area contributed by atoms with Gasteiger partial charge in [0.25, 0.3) is 0 Å². The zero-order valence-electron chi connectivity index (χ0n) is 10.9. The number of hydrogen-bond donors (Lipinski definition) is 1. The van der Waals surface area contributed by atoms with Crippen LogP contribution < -0.4 is 5.73 Å². The van der Waals surface area contributed by atoms with Gasteiger partial charge in [0.15, 0.2) is 0 Å². The molecule has 0 amide bonds. The highest BCUT2D eigenvalue weighted by Crippen LogP contribution is 2.14. The van der Waals surface area contributed by atoms with Crippen molar-refractivity contribution in [1.82, 2.24) is 9.55 Å². The molecule has 0 fully saturated rings. The van der Waals surface area contributed by atoms with Gasteiger partial charge in [-0.1, -0.05) is 11.6 Å². The van der Waals surface area contributed by atoms with Gasteiger partial charge in [0.05, 0.1) is 18.5 Å². The van der Waals surface area contributed by atoms with Crippen LogP contribution in [0.15, 0.2) is 36.9 Å². The summed E-state index contributed by atoms with van der Waals surface area (Å²) >= 11 is 0. The summed E-state index contributed by atoms with van der Waals surface area (Å²) in [5, 5.41) is 0. The molecule has 0 bridgehead atoms. The fraction of sp³-hybridized carbons (Fsp3) is 0.286. The van der Waals surface area contributed by atoms with Crippen molar-refractivity contribution in [3.8, 4) is 0 Å². The quantitative estimate of drug-likeness (QED) is 0.506. The van der Waals surface area contributed by atoms with Gasteiger partial charge < -0.3 is 15.0 Å². The van der Waals surface area contributed by atoms with Crippen molar-refractivity contribution < 1.29 is 9.53 Å². The lowest BCUT2D eigenvalue weighted by molar-refractivity contribution is 0.0497. The Hall–Kier alpha value is -2.30. The third-order valence-electron chi connectivity index (χ3n) is 2.78. The van der Waals surface area contributed by atoms with Crippen molar-refractivity contribution in [3.63, 3.8) is 0 Å². The minimum Gasteiger partial charge on any atom is -0.462 e. The third-order valence-corrected chi connectivity index (χ3v) is 2.78. The number of anilines is 1. The van der Waals surface area contributed by atoms with E-state index < -0.39 is 0 Å². The van der Waals surface area contributed by atoms with Crippen LogP contribution in [0.2, 0.25) is 0 Å². The molecule has 0 aliphatic rings. The highest BCUT2D eigenvalue weighted by Gasteiger charge is 2.10. The fourth-order valence-corrected chi connectivity index (χ4v) is 1.76. The maximum absolute atomic E-state index is 11.9. The summed E-state index contributed by atoms with van der Waals surface area (Å²) in [6, 6.07) is 5.33. The van der Waals surface area contributed by atoms with E-state index in [1.54, 1.807) is 24.7 Å². The molecule has 0 spiro atoms. The molecular weight excluding hydrogens is 242 g/mol. The van der Waals surface area contributed by atoms with Crippen molar-refractivity contribution in [3.05, 3.63) is 48.0 Å². The lowest BCUT2D eigenvalue weighted by Crippen LogP contribution is -2.10. The van der Waals surface area contributed by atoms with Crippen LogP contribution in [0.5, 0.6) is 0 Å². The second-order valence-electron chi connectivity index (χ2n) is 4.38. The number of nitrogens with two attached hydrogens (primary N) is 1. The normalized spacial score (nSPS) is 10.4. The Morgan fingerprint density at radius 3 is 3.05 bits per heavy atom. The molecule has 1 aromatic heterocycles. The zero-order chi connectivity index (χ0) is 13.7. The lowest BCUT2D eigenvalue weighted by Gasteiger charge is -2.08. The first-order valence-corrected chi connectivity index (χ1v) is 6.16. The first-order chi connectivity index (χ1) is 9.16. The number of ether oxygens (including phenoxy) is 1. The standard InChI is InChI=1S/C14H17N3O2/c1-11-3-4-13(15)12(9-11)14(18)19-8-2-6-17-7-5-16-10-17/h3-5,7,9-10H,2,6,8,15H2,1H3. The largest absolute Gasteiger partial charge is 0.462 e. The number of imidazole rings is 1. The minimum atomic E-state index is -0.369. The Labute approximate surface area is 112 Å². The van der Waals surface area contributed by atoms with Gasteiger partial charge in [0.1, 0.15) is 0 Å². The molecule has 0 aliphatic heterocycles. The third kappa shape index (κ3) is 3.58. The Balaban J connectivity index is 1.82. The van der Waals surface area contributed by atoms with Gasteiger partial charge >= 0.3 is 5.97 Å². The van der Waals surface area contributed by atoms with Crippen molar-refractivity contribution in [2.24, 2.45) is 0 Å². The summed E-state index contributed by atoms with van der Waals surface area (Å²) < 4.78 is 7.15. The number of aryl methyl sites for hydroxylation is 2. The molecule has 0 saturated heterocycles. The summed E-state index contributed by atoms with van der Waals surface area (Å²) in [6.45, 7) is 3.05. The Morgan fingerprint density at radius 1 is 1.47 bits per heavy atom. The van der Waals surface area contributed by atoms with E-state index in [4.69, 9.17) is 10.5 Å². The lowest BCUT2D eigenvalue weighted by atomic mass is 10.1. The molecule has 5 heteroatoms. The zero-order valence-corrected chi connectivity index (χ0v) is 10.9. The highest BCUT2D eigenvalue weighted by molar-refractivity contribution is 5.95. The Bertz CT molecular complexity index is 550. The average molecular weight is 259 g/mol. The van der Waals surface area contributed by atoms with E-state index in [0.717, 1.165) is 18.5 Å². The van der Waals surface area contributed by atoms with Crippen LogP contribution in [0.3, 0.4) is 0 Å². The SMILES string of the molecule is Cc1ccc(N)c(C(=O)OCCCn2ccnc2)c1. The molecule has 5 nitrogen and oxygen atoms in total. The highest BCUT2D eigenvalue weighted by atomic mass is 16.5. The van der Waals surface area contributed by atoms with Crippen LogP contribution in [-0.2, 0) is 11.3 Å². The van der Waals surface area contributed by atoms with Gasteiger partial charge in [0.2, 0.25) is 0 Å². The smallest absolute Gasteiger partial charge is 0.340 e. The van der Waals surface area contributed by atoms with Crippen LogP contribution in [0, 0.1) is 6.92 Å². The summed E-state index contributed by atoms with van der Waals surface area (Å²) in [6.07, 6.45) is 6.08. The van der Waals surface area contributed by atoms with Crippen LogP contribution in [-0.4, -0.2) is 22.1 Å². The summed E-state index contributed by atoms with van der Waals surface area (Å²) in [5.41, 5.74) is 7.63. The number of carbonyl (C=O) groups excluding carboxylic acids is 1. The molecule has 2 N–H and O–H groups in total. The number of aromatic nitrogens is 2. The second kappa shape index (κ2) is 6.04. The van der Waals surface area contributed by atoms with Gasteiger partial charge in [0, 0.05) is 24.6 Å². The van der Waals surface area contributed by atoms with E-state index in [-0.39, 0.29) is 5.97 Å². The van der Waals surface area contributed by atoms with E-state index in [2.05, 4.69) is 4.98 Å². The average Bonchev–Trinajstić information content (AvgIpc) is 2.90. The van der Waals surface area contributed by atoms with E-state index in [9.17, 15) is 4.79 Å². The number of benzene rings is 1. The van der Waals surface area contributed by atoms with Crippen LogP contribution in [0.25, 0.3) is 0 Å². The van der Waals surface area contributed by atoms with Crippen LogP contribution >= 0.6 is 0 Å². The molecule has 100 valence electrons. The number of hydrogen-bond acceptors (Lipinski definition) is 4. The molecule has 0 atom stereocenters. The predicted molar refractivity (Wildman–Crippen MR) is 72.7 cm³/mol. The molecule has 2 rings (SSSR count). The Morgan fingerprint density at radius 2 is 2.32 bits per heavy atom. The molecule has 1 heterocycles. The summed E-state index contributed by atoms with van der Waals surface area (Å²) in [7, 11) is 0. The molecule has 0 saturated carbocycles. The van der Waals surface area contributed by atoms with Crippen molar-refractivity contribution in [2.45, 2.75) is 19.9 Å². The fourth-order valence-electron chi connectivity index (χ4n) is 1.76. The Kier molecular flexibility index (Phi) is 4.18. The topological polar surface area (TPSA) is 70.1 Å². The maximum Gasteiger partial charge on any atom is 0.340 e. The van der Waals surface area contributed by atoms with Gasteiger partial charge in [-0.2, -0.15) is 0 Å².